The largest absolute Gasteiger partial charge is 0.325 e. The molecule has 3 aromatic rings. The van der Waals surface area contributed by atoms with Crippen LogP contribution in [0.4, 0.5) is 5.69 Å². The fourth-order valence-corrected chi connectivity index (χ4v) is 3.47. The van der Waals surface area contributed by atoms with Crippen LogP contribution in [0, 0.1) is 6.92 Å². The minimum Gasteiger partial charge on any atom is -0.325 e. The first kappa shape index (κ1) is 17.4. The molecule has 0 fully saturated rings. The molecule has 0 aliphatic heterocycles. The molecular formula is C21H22N2OS. The van der Waals surface area contributed by atoms with E-state index < -0.39 is 0 Å². The van der Waals surface area contributed by atoms with Gasteiger partial charge in [0.15, 0.2) is 0 Å². The molecule has 0 saturated heterocycles. The number of nitrogens with one attached hydrogen (secondary N) is 2. The van der Waals surface area contributed by atoms with Crippen molar-refractivity contribution in [3.05, 3.63) is 88.1 Å². The van der Waals surface area contributed by atoms with Gasteiger partial charge in [0.25, 0.3) is 0 Å². The van der Waals surface area contributed by atoms with Crippen molar-refractivity contribution < 1.29 is 4.79 Å². The Labute approximate surface area is 152 Å². The summed E-state index contributed by atoms with van der Waals surface area (Å²) in [7, 11) is 0. The van der Waals surface area contributed by atoms with Crippen molar-refractivity contribution >= 4 is 22.9 Å². The lowest BCUT2D eigenvalue weighted by atomic mass is 10.0. The Bertz CT molecular complexity index is 798. The standard InChI is InChI=1S/C21H22N2OS/c1-15-10-12-18(13-11-15)23-21(24)16(2)22-20(19-9-6-14-25-19)17-7-4-3-5-8-17/h3-14,16,20,22H,1-2H3,(H,23,24)/t16-,20-/m0/s1. The number of thiophene rings is 1. The van der Waals surface area contributed by atoms with Crippen LogP contribution in [0.25, 0.3) is 0 Å². The quantitative estimate of drug-likeness (QED) is 0.673. The number of aryl methyl sites for hydroxylation is 1. The van der Waals surface area contributed by atoms with Crippen LogP contribution in [-0.2, 0) is 4.79 Å². The molecule has 4 heteroatoms. The van der Waals surface area contributed by atoms with Crippen LogP contribution in [0.1, 0.15) is 29.0 Å². The number of carbonyl (C=O) groups is 1. The van der Waals surface area contributed by atoms with Crippen LogP contribution in [0.15, 0.2) is 72.1 Å². The maximum absolute atomic E-state index is 12.6. The SMILES string of the molecule is Cc1ccc(NC(=O)[C@H](C)N[C@@H](c2ccccc2)c2cccs2)cc1. The van der Waals surface area contributed by atoms with Gasteiger partial charge in [-0.1, -0.05) is 54.1 Å². The summed E-state index contributed by atoms with van der Waals surface area (Å²) in [6.07, 6.45) is 0. The second-order valence-corrected chi connectivity index (χ2v) is 7.08. The fourth-order valence-electron chi connectivity index (χ4n) is 2.66. The normalized spacial score (nSPS) is 13.2. The Balaban J connectivity index is 1.72. The average Bonchev–Trinajstić information content (AvgIpc) is 3.16. The molecule has 0 unspecified atom stereocenters. The van der Waals surface area contributed by atoms with Crippen LogP contribution in [0.2, 0.25) is 0 Å². The molecule has 1 amide bonds. The van der Waals surface area contributed by atoms with Gasteiger partial charge in [0.05, 0.1) is 12.1 Å². The van der Waals surface area contributed by atoms with E-state index in [0.717, 1.165) is 11.3 Å². The molecule has 0 radical (unpaired) electrons. The van der Waals surface area contributed by atoms with Gasteiger partial charge in [0.1, 0.15) is 0 Å². The van der Waals surface area contributed by atoms with Crippen LogP contribution in [0.3, 0.4) is 0 Å². The number of benzene rings is 2. The topological polar surface area (TPSA) is 41.1 Å². The number of hydrogen-bond acceptors (Lipinski definition) is 3. The minimum absolute atomic E-state index is 0.0000298. The van der Waals surface area contributed by atoms with Gasteiger partial charge in [-0.05, 0) is 43.0 Å². The predicted octanol–water partition coefficient (Wildman–Crippen LogP) is 4.76. The van der Waals surface area contributed by atoms with Gasteiger partial charge in [-0.15, -0.1) is 11.3 Å². The lowest BCUT2D eigenvalue weighted by Gasteiger charge is -2.22. The molecule has 2 aromatic carbocycles. The first-order valence-corrected chi connectivity index (χ1v) is 9.23. The number of hydrogen-bond donors (Lipinski definition) is 2. The van der Waals surface area contributed by atoms with Gasteiger partial charge < -0.3 is 5.32 Å². The van der Waals surface area contributed by atoms with Gasteiger partial charge in [0, 0.05) is 10.6 Å². The van der Waals surface area contributed by atoms with Crippen LogP contribution in [0.5, 0.6) is 0 Å². The second kappa shape index (κ2) is 8.10. The number of carbonyl (C=O) groups excluding carboxylic acids is 1. The number of rotatable bonds is 6. The third-order valence-corrected chi connectivity index (χ3v) is 5.03. The highest BCUT2D eigenvalue weighted by Gasteiger charge is 2.21. The molecule has 25 heavy (non-hydrogen) atoms. The van der Waals surface area contributed by atoms with E-state index in [2.05, 4.69) is 34.2 Å². The Kier molecular flexibility index (Phi) is 5.64. The van der Waals surface area contributed by atoms with Crippen molar-refractivity contribution in [3.8, 4) is 0 Å². The molecule has 0 saturated carbocycles. The van der Waals surface area contributed by atoms with Crippen molar-refractivity contribution in [2.45, 2.75) is 25.9 Å². The Hall–Kier alpha value is -2.43. The van der Waals surface area contributed by atoms with E-state index in [-0.39, 0.29) is 18.0 Å². The van der Waals surface area contributed by atoms with E-state index in [1.165, 1.54) is 10.4 Å². The highest BCUT2D eigenvalue weighted by molar-refractivity contribution is 7.10. The van der Waals surface area contributed by atoms with E-state index in [4.69, 9.17) is 0 Å². The third kappa shape index (κ3) is 4.56. The van der Waals surface area contributed by atoms with Gasteiger partial charge in [-0.3, -0.25) is 10.1 Å². The molecule has 1 aromatic heterocycles. The molecule has 0 aliphatic carbocycles. The first-order chi connectivity index (χ1) is 12.1. The number of anilines is 1. The maximum atomic E-state index is 12.6. The lowest BCUT2D eigenvalue weighted by Crippen LogP contribution is -2.40. The highest BCUT2D eigenvalue weighted by atomic mass is 32.1. The monoisotopic (exact) mass is 350 g/mol. The van der Waals surface area contributed by atoms with E-state index >= 15 is 0 Å². The van der Waals surface area contributed by atoms with E-state index in [1.54, 1.807) is 11.3 Å². The summed E-state index contributed by atoms with van der Waals surface area (Å²) in [6.45, 7) is 3.92. The molecule has 128 valence electrons. The predicted molar refractivity (Wildman–Crippen MR) is 105 cm³/mol. The lowest BCUT2D eigenvalue weighted by molar-refractivity contribution is -0.117. The highest BCUT2D eigenvalue weighted by Crippen LogP contribution is 2.26. The summed E-state index contributed by atoms with van der Waals surface area (Å²) < 4.78 is 0. The summed E-state index contributed by atoms with van der Waals surface area (Å²) in [5.41, 5.74) is 3.14. The third-order valence-electron chi connectivity index (χ3n) is 4.09. The summed E-state index contributed by atoms with van der Waals surface area (Å²) in [4.78, 5) is 13.8. The van der Waals surface area contributed by atoms with Crippen molar-refractivity contribution in [3.63, 3.8) is 0 Å². The zero-order valence-electron chi connectivity index (χ0n) is 14.4. The minimum atomic E-state index is -0.325. The van der Waals surface area contributed by atoms with Gasteiger partial charge in [0.2, 0.25) is 5.91 Å². The summed E-state index contributed by atoms with van der Waals surface area (Å²) in [6, 6.07) is 21.9. The van der Waals surface area contributed by atoms with E-state index in [0.29, 0.717) is 0 Å². The van der Waals surface area contributed by atoms with Crippen molar-refractivity contribution in [1.29, 1.82) is 0 Å². The number of amides is 1. The zero-order chi connectivity index (χ0) is 17.6. The zero-order valence-corrected chi connectivity index (χ0v) is 15.2. The smallest absolute Gasteiger partial charge is 0.241 e. The van der Waals surface area contributed by atoms with E-state index in [1.807, 2.05) is 62.4 Å². The second-order valence-electron chi connectivity index (χ2n) is 6.10. The van der Waals surface area contributed by atoms with Gasteiger partial charge >= 0.3 is 0 Å². The molecule has 0 bridgehead atoms. The van der Waals surface area contributed by atoms with Crippen molar-refractivity contribution in [2.75, 3.05) is 5.32 Å². The van der Waals surface area contributed by atoms with Crippen LogP contribution < -0.4 is 10.6 Å². The van der Waals surface area contributed by atoms with E-state index in [9.17, 15) is 4.79 Å². The molecule has 0 spiro atoms. The van der Waals surface area contributed by atoms with Crippen LogP contribution >= 0.6 is 11.3 Å². The first-order valence-electron chi connectivity index (χ1n) is 8.35. The summed E-state index contributed by atoms with van der Waals surface area (Å²) >= 11 is 1.69. The molecule has 0 aliphatic rings. The summed E-state index contributed by atoms with van der Waals surface area (Å²) in [5.74, 6) is -0.0404. The van der Waals surface area contributed by atoms with Gasteiger partial charge in [-0.25, -0.2) is 0 Å². The summed E-state index contributed by atoms with van der Waals surface area (Å²) in [5, 5.41) is 8.50. The molecule has 3 rings (SSSR count). The molecule has 2 atom stereocenters. The molecule has 2 N–H and O–H groups in total. The Morgan fingerprint density at radius 1 is 0.960 bits per heavy atom. The molecular weight excluding hydrogens is 328 g/mol. The fraction of sp³-hybridized carbons (Fsp3) is 0.190. The van der Waals surface area contributed by atoms with Crippen molar-refractivity contribution in [1.82, 2.24) is 5.32 Å². The Morgan fingerprint density at radius 2 is 1.68 bits per heavy atom. The average molecular weight is 350 g/mol. The van der Waals surface area contributed by atoms with Gasteiger partial charge in [-0.2, -0.15) is 0 Å². The molecule has 1 heterocycles. The maximum Gasteiger partial charge on any atom is 0.241 e. The Morgan fingerprint density at radius 3 is 2.32 bits per heavy atom. The van der Waals surface area contributed by atoms with Crippen molar-refractivity contribution in [2.24, 2.45) is 0 Å². The molecule has 3 nitrogen and oxygen atoms in total. The van der Waals surface area contributed by atoms with Crippen LogP contribution in [-0.4, -0.2) is 11.9 Å².